The van der Waals surface area contributed by atoms with Crippen LogP contribution >= 0.6 is 11.6 Å². The van der Waals surface area contributed by atoms with Gasteiger partial charge in [0.05, 0.1) is 10.7 Å². The van der Waals surface area contributed by atoms with Gasteiger partial charge in [0.2, 0.25) is 0 Å². The Bertz CT molecular complexity index is 1300. The molecule has 0 bridgehead atoms. The van der Waals surface area contributed by atoms with Crippen molar-refractivity contribution in [2.24, 2.45) is 0 Å². The number of aromatic amines is 1. The van der Waals surface area contributed by atoms with Crippen LogP contribution in [0.3, 0.4) is 0 Å². The molecule has 176 valence electrons. The molecule has 0 radical (unpaired) electrons. The van der Waals surface area contributed by atoms with Gasteiger partial charge in [-0.25, -0.2) is 4.98 Å². The van der Waals surface area contributed by atoms with E-state index in [1.165, 1.54) is 6.08 Å². The molecule has 7 heteroatoms. The largest absolute Gasteiger partial charge is 0.492 e. The molecule has 4 rings (SSSR count). The number of nitrogens with one attached hydrogen (secondary N) is 2. The number of aliphatic hydroxyl groups excluding tert-OH is 1. The Morgan fingerprint density at radius 1 is 1.18 bits per heavy atom. The summed E-state index contributed by atoms with van der Waals surface area (Å²) in [6.07, 6.45) is 2.30. The summed E-state index contributed by atoms with van der Waals surface area (Å²) in [6, 6.07) is 15.9. The molecular formula is C27H29ClN4O2. The number of halogens is 1. The summed E-state index contributed by atoms with van der Waals surface area (Å²) in [6.45, 7) is 7.11. The third kappa shape index (κ3) is 5.09. The molecule has 6 nitrogen and oxygen atoms in total. The zero-order chi connectivity index (χ0) is 24.2. The predicted octanol–water partition coefficient (Wildman–Crippen LogP) is 5.72. The molecule has 0 saturated heterocycles. The van der Waals surface area contributed by atoms with Crippen molar-refractivity contribution in [2.75, 3.05) is 32.6 Å². The van der Waals surface area contributed by atoms with Gasteiger partial charge in [0.25, 0.3) is 0 Å². The van der Waals surface area contributed by atoms with E-state index in [0.29, 0.717) is 17.3 Å². The third-order valence-corrected chi connectivity index (χ3v) is 5.96. The quantitative estimate of drug-likeness (QED) is 0.213. The summed E-state index contributed by atoms with van der Waals surface area (Å²) in [5.74, 6) is 0.819. The highest BCUT2D eigenvalue weighted by molar-refractivity contribution is 6.36. The van der Waals surface area contributed by atoms with Crippen molar-refractivity contribution in [3.63, 3.8) is 0 Å². The number of pyridine rings is 1. The van der Waals surface area contributed by atoms with Gasteiger partial charge >= 0.3 is 0 Å². The summed E-state index contributed by atoms with van der Waals surface area (Å²) < 4.78 is 5.85. The second kappa shape index (κ2) is 10.3. The average Bonchev–Trinajstić information content (AvgIpc) is 3.21. The first-order chi connectivity index (χ1) is 16.4. The monoisotopic (exact) mass is 476 g/mol. The van der Waals surface area contributed by atoms with Crippen molar-refractivity contribution >= 4 is 28.3 Å². The number of fused-ring (bicyclic) bond motifs is 1. The lowest BCUT2D eigenvalue weighted by Gasteiger charge is -2.15. The Kier molecular flexibility index (Phi) is 7.22. The van der Waals surface area contributed by atoms with E-state index >= 15 is 0 Å². The highest BCUT2D eigenvalue weighted by atomic mass is 35.5. The zero-order valence-corrected chi connectivity index (χ0v) is 20.4. The number of benzene rings is 2. The van der Waals surface area contributed by atoms with Crippen molar-refractivity contribution in [2.45, 2.75) is 13.2 Å². The maximum Gasteiger partial charge on any atom is 0.143 e. The van der Waals surface area contributed by atoms with Crippen molar-refractivity contribution in [3.8, 4) is 28.1 Å². The van der Waals surface area contributed by atoms with Gasteiger partial charge in [-0.15, -0.1) is 0 Å². The van der Waals surface area contributed by atoms with Gasteiger partial charge in [0.15, 0.2) is 0 Å². The molecule has 0 fully saturated rings. The van der Waals surface area contributed by atoms with Crippen molar-refractivity contribution < 1.29 is 9.84 Å². The summed E-state index contributed by atoms with van der Waals surface area (Å²) in [5, 5.41) is 14.6. The summed E-state index contributed by atoms with van der Waals surface area (Å²) in [7, 11) is 4.04. The molecule has 0 spiro atoms. The Morgan fingerprint density at radius 3 is 2.62 bits per heavy atom. The molecule has 4 aromatic rings. The van der Waals surface area contributed by atoms with E-state index < -0.39 is 6.23 Å². The first-order valence-electron chi connectivity index (χ1n) is 11.1. The van der Waals surface area contributed by atoms with Gasteiger partial charge in [-0.3, -0.25) is 0 Å². The van der Waals surface area contributed by atoms with Crippen molar-refractivity contribution in [3.05, 3.63) is 78.0 Å². The fourth-order valence-electron chi connectivity index (χ4n) is 3.80. The van der Waals surface area contributed by atoms with Crippen LogP contribution in [-0.4, -0.2) is 53.4 Å². The maximum atomic E-state index is 10.0. The highest BCUT2D eigenvalue weighted by Crippen LogP contribution is 2.42. The van der Waals surface area contributed by atoms with Crippen LogP contribution in [0.5, 0.6) is 5.75 Å². The third-order valence-electron chi connectivity index (χ3n) is 5.65. The molecule has 0 aliphatic heterocycles. The molecule has 1 atom stereocenters. The minimum Gasteiger partial charge on any atom is -0.492 e. The molecule has 0 amide bonds. The normalized spacial score (nSPS) is 12.2. The number of anilines is 1. The lowest BCUT2D eigenvalue weighted by molar-refractivity contribution is 0.253. The minimum atomic E-state index is -0.846. The SMILES string of the molecule is C=CC(O)Nc1cc(-c2c(-c3ccc(OCCN(C)C)cc3)[nH]c3nccc(Cl)c23)ccc1C. The van der Waals surface area contributed by atoms with Crippen LogP contribution in [0.4, 0.5) is 5.69 Å². The summed E-state index contributed by atoms with van der Waals surface area (Å²) in [4.78, 5) is 10.1. The smallest absolute Gasteiger partial charge is 0.143 e. The van der Waals surface area contributed by atoms with E-state index in [4.69, 9.17) is 16.3 Å². The Balaban J connectivity index is 1.79. The van der Waals surface area contributed by atoms with Crippen LogP contribution < -0.4 is 10.1 Å². The number of aromatic nitrogens is 2. The second-order valence-corrected chi connectivity index (χ2v) is 8.83. The van der Waals surface area contributed by atoms with E-state index in [2.05, 4.69) is 32.8 Å². The lowest BCUT2D eigenvalue weighted by Crippen LogP contribution is -2.19. The molecule has 34 heavy (non-hydrogen) atoms. The predicted molar refractivity (Wildman–Crippen MR) is 141 cm³/mol. The molecule has 3 N–H and O–H groups in total. The van der Waals surface area contributed by atoms with Crippen molar-refractivity contribution in [1.29, 1.82) is 0 Å². The minimum absolute atomic E-state index is 0.618. The van der Waals surface area contributed by atoms with Gasteiger partial charge in [-0.1, -0.05) is 30.3 Å². The van der Waals surface area contributed by atoms with Crippen LogP contribution in [0.1, 0.15) is 5.56 Å². The number of ether oxygens (including phenoxy) is 1. The van der Waals surface area contributed by atoms with Crippen LogP contribution in [0.15, 0.2) is 67.4 Å². The highest BCUT2D eigenvalue weighted by Gasteiger charge is 2.19. The van der Waals surface area contributed by atoms with Gasteiger partial charge in [0, 0.05) is 29.4 Å². The molecule has 2 heterocycles. The average molecular weight is 477 g/mol. The first kappa shape index (κ1) is 23.8. The number of nitrogens with zero attached hydrogens (tertiary/aromatic N) is 2. The van der Waals surface area contributed by atoms with E-state index in [9.17, 15) is 5.11 Å². The molecule has 0 aliphatic carbocycles. The van der Waals surface area contributed by atoms with Crippen LogP contribution in [0.25, 0.3) is 33.4 Å². The van der Waals surface area contributed by atoms with E-state index in [-0.39, 0.29) is 0 Å². The Morgan fingerprint density at radius 2 is 1.91 bits per heavy atom. The topological polar surface area (TPSA) is 73.4 Å². The van der Waals surface area contributed by atoms with Crippen LogP contribution in [0, 0.1) is 6.92 Å². The Labute approximate surface area is 204 Å². The summed E-state index contributed by atoms with van der Waals surface area (Å²) >= 11 is 6.65. The number of hydrogen-bond acceptors (Lipinski definition) is 5. The molecule has 0 aliphatic rings. The Hall–Kier alpha value is -3.32. The second-order valence-electron chi connectivity index (χ2n) is 8.42. The van der Waals surface area contributed by atoms with E-state index in [1.54, 1.807) is 12.3 Å². The molecule has 2 aromatic heterocycles. The number of hydrogen-bond donors (Lipinski definition) is 3. The maximum absolute atomic E-state index is 10.0. The van der Waals surface area contributed by atoms with Crippen molar-refractivity contribution in [1.82, 2.24) is 14.9 Å². The molecule has 1 unspecified atom stereocenters. The van der Waals surface area contributed by atoms with Gasteiger partial charge in [-0.05, 0) is 80.2 Å². The summed E-state index contributed by atoms with van der Waals surface area (Å²) in [5.41, 5.74) is 6.34. The standard InChI is InChI=1S/C27H29ClN4O2/c1-5-23(33)30-22-16-19(7-6-17(22)2)24-25-21(28)12-13-29-27(25)31-26(24)18-8-10-20(11-9-18)34-15-14-32(3)4/h5-13,16,23,30,33H,1,14-15H2,2-4H3,(H,29,31). The van der Waals surface area contributed by atoms with E-state index in [1.807, 2.05) is 57.4 Å². The molecule has 0 saturated carbocycles. The number of aryl methyl sites for hydroxylation is 1. The molecular weight excluding hydrogens is 448 g/mol. The van der Waals surface area contributed by atoms with Crippen LogP contribution in [0.2, 0.25) is 5.02 Å². The number of aliphatic hydroxyl groups is 1. The van der Waals surface area contributed by atoms with Gasteiger partial charge in [-0.2, -0.15) is 0 Å². The molecule has 2 aromatic carbocycles. The fourth-order valence-corrected chi connectivity index (χ4v) is 4.04. The first-order valence-corrected chi connectivity index (χ1v) is 11.5. The van der Waals surface area contributed by atoms with Gasteiger partial charge in [0.1, 0.15) is 24.2 Å². The number of H-pyrrole nitrogens is 1. The zero-order valence-electron chi connectivity index (χ0n) is 19.6. The number of rotatable bonds is 9. The van der Waals surface area contributed by atoms with E-state index in [0.717, 1.165) is 51.3 Å². The number of likely N-dealkylation sites (N-methyl/N-ethyl adjacent to an activating group) is 1. The van der Waals surface area contributed by atoms with Crippen LogP contribution in [-0.2, 0) is 0 Å². The van der Waals surface area contributed by atoms with Gasteiger partial charge < -0.3 is 25.0 Å². The fraction of sp³-hybridized carbons (Fsp3) is 0.222. The lowest BCUT2D eigenvalue weighted by atomic mass is 9.97.